The van der Waals surface area contributed by atoms with Crippen molar-refractivity contribution in [3.8, 4) is 17.2 Å². The summed E-state index contributed by atoms with van der Waals surface area (Å²) in [6, 6.07) is 3.26. The molecule has 0 fully saturated rings. The summed E-state index contributed by atoms with van der Waals surface area (Å²) in [5.74, 6) is 2.05. The first kappa shape index (κ1) is 19.0. The number of hydrogen-bond donors (Lipinski definition) is 1. The molecule has 3 rings (SSSR count). The lowest BCUT2D eigenvalue weighted by molar-refractivity contribution is 0.0905. The van der Waals surface area contributed by atoms with E-state index in [0.29, 0.717) is 47.7 Å². The van der Waals surface area contributed by atoms with Crippen molar-refractivity contribution in [2.75, 3.05) is 20.3 Å². The van der Waals surface area contributed by atoms with Gasteiger partial charge >= 0.3 is 0 Å². The lowest BCUT2D eigenvalue weighted by Gasteiger charge is -2.24. The van der Waals surface area contributed by atoms with Crippen molar-refractivity contribution >= 4 is 5.91 Å². The van der Waals surface area contributed by atoms with Crippen LogP contribution in [0.1, 0.15) is 56.7 Å². The molecule has 1 aliphatic rings. The Kier molecular flexibility index (Phi) is 4.75. The van der Waals surface area contributed by atoms with Gasteiger partial charge in [0.1, 0.15) is 13.2 Å². The summed E-state index contributed by atoms with van der Waals surface area (Å²) in [4.78, 5) is 17.3. The molecule has 0 spiro atoms. The number of aromatic nitrogens is 2. The number of carbonyl (C=O) groups is 1. The molecule has 0 radical (unpaired) electrons. The monoisotopic (exact) mass is 375 g/mol. The maximum Gasteiger partial charge on any atom is 0.252 e. The Morgan fingerprint density at radius 2 is 1.85 bits per heavy atom. The number of benzene rings is 1. The summed E-state index contributed by atoms with van der Waals surface area (Å²) in [6.45, 7) is 10.4. The summed E-state index contributed by atoms with van der Waals surface area (Å²) >= 11 is 0. The number of nitrogens with zero attached hydrogens (tertiary/aromatic N) is 2. The van der Waals surface area contributed by atoms with E-state index >= 15 is 0 Å². The van der Waals surface area contributed by atoms with Crippen molar-refractivity contribution < 1.29 is 23.5 Å². The van der Waals surface area contributed by atoms with Crippen LogP contribution in [0.5, 0.6) is 17.2 Å². The quantitative estimate of drug-likeness (QED) is 0.878. The van der Waals surface area contributed by atoms with Crippen molar-refractivity contribution in [3.63, 3.8) is 0 Å². The highest BCUT2D eigenvalue weighted by Crippen LogP contribution is 2.40. The van der Waals surface area contributed by atoms with Gasteiger partial charge in [-0.05, 0) is 26.0 Å². The Morgan fingerprint density at radius 1 is 1.15 bits per heavy atom. The normalized spacial score (nSPS) is 14.0. The molecular weight excluding hydrogens is 350 g/mol. The van der Waals surface area contributed by atoms with Crippen LogP contribution in [0.2, 0.25) is 0 Å². The van der Waals surface area contributed by atoms with Gasteiger partial charge in [-0.3, -0.25) is 4.79 Å². The molecule has 0 atom stereocenters. The van der Waals surface area contributed by atoms with E-state index in [9.17, 15) is 4.79 Å². The molecule has 8 nitrogen and oxygen atoms in total. The number of carbonyl (C=O) groups excluding carboxylic acids is 1. The van der Waals surface area contributed by atoms with Gasteiger partial charge in [-0.1, -0.05) is 25.9 Å². The molecule has 8 heteroatoms. The first-order chi connectivity index (χ1) is 12.6. The Labute approximate surface area is 158 Å². The summed E-state index contributed by atoms with van der Waals surface area (Å²) in [5.41, 5.74) is -0.706. The number of methoxy groups -OCH3 is 1. The topological polar surface area (TPSA) is 95.7 Å². The van der Waals surface area contributed by atoms with Crippen LogP contribution >= 0.6 is 0 Å². The third-order valence-electron chi connectivity index (χ3n) is 4.14. The Hall–Kier alpha value is -2.77. The summed E-state index contributed by atoms with van der Waals surface area (Å²) in [6.07, 6.45) is 0. The summed E-state index contributed by atoms with van der Waals surface area (Å²) < 4.78 is 21.8. The maximum atomic E-state index is 12.8. The van der Waals surface area contributed by atoms with Gasteiger partial charge in [-0.2, -0.15) is 4.98 Å². The van der Waals surface area contributed by atoms with E-state index in [-0.39, 0.29) is 11.3 Å². The van der Waals surface area contributed by atoms with Gasteiger partial charge in [-0.25, -0.2) is 0 Å². The highest BCUT2D eigenvalue weighted by Gasteiger charge is 2.32. The average molecular weight is 375 g/mol. The van der Waals surface area contributed by atoms with E-state index in [0.717, 1.165) is 0 Å². The third-order valence-corrected chi connectivity index (χ3v) is 4.14. The zero-order valence-corrected chi connectivity index (χ0v) is 16.5. The zero-order chi connectivity index (χ0) is 19.8. The average Bonchev–Trinajstić information content (AvgIpc) is 3.12. The van der Waals surface area contributed by atoms with Crippen molar-refractivity contribution in [2.45, 2.75) is 45.6 Å². The second-order valence-electron chi connectivity index (χ2n) is 7.95. The van der Waals surface area contributed by atoms with Crippen molar-refractivity contribution in [1.29, 1.82) is 0 Å². The molecule has 2 heterocycles. The van der Waals surface area contributed by atoms with Gasteiger partial charge < -0.3 is 24.1 Å². The van der Waals surface area contributed by atoms with E-state index < -0.39 is 5.54 Å². The molecular formula is C19H25N3O5. The molecule has 0 saturated carbocycles. The van der Waals surface area contributed by atoms with Gasteiger partial charge in [0.25, 0.3) is 5.91 Å². The van der Waals surface area contributed by atoms with E-state index in [1.165, 1.54) is 7.11 Å². The molecule has 1 N–H and O–H groups in total. The van der Waals surface area contributed by atoms with Gasteiger partial charge in [0, 0.05) is 11.0 Å². The standard InChI is InChI=1S/C19H25N3O5/c1-18(2,3)17-20-16(22-27-17)19(4,5)21-15(23)11-9-12(24-6)14-13(10-11)25-7-8-26-14/h9-10H,7-8H2,1-6H3,(H,21,23). The van der Waals surface area contributed by atoms with Crippen LogP contribution in [0, 0.1) is 0 Å². The number of fused-ring (bicyclic) bond motifs is 1. The lowest BCUT2D eigenvalue weighted by Crippen LogP contribution is -2.42. The van der Waals surface area contributed by atoms with Crippen molar-refractivity contribution in [3.05, 3.63) is 29.4 Å². The predicted molar refractivity (Wildman–Crippen MR) is 97.5 cm³/mol. The smallest absolute Gasteiger partial charge is 0.252 e. The van der Waals surface area contributed by atoms with Crippen LogP contribution in [-0.4, -0.2) is 36.4 Å². The number of nitrogens with one attached hydrogen (secondary N) is 1. The van der Waals surface area contributed by atoms with E-state index in [2.05, 4.69) is 15.5 Å². The minimum atomic E-state index is -0.829. The molecule has 1 aromatic heterocycles. The van der Waals surface area contributed by atoms with E-state index in [1.807, 2.05) is 34.6 Å². The lowest BCUT2D eigenvalue weighted by atomic mass is 9.96. The van der Waals surface area contributed by atoms with Crippen LogP contribution in [0.3, 0.4) is 0 Å². The van der Waals surface area contributed by atoms with Gasteiger partial charge in [0.2, 0.25) is 11.6 Å². The molecule has 1 amide bonds. The summed E-state index contributed by atoms with van der Waals surface area (Å²) in [7, 11) is 1.52. The first-order valence-corrected chi connectivity index (χ1v) is 8.76. The molecule has 1 aromatic carbocycles. The fourth-order valence-electron chi connectivity index (χ4n) is 2.60. The van der Waals surface area contributed by atoms with E-state index in [4.69, 9.17) is 18.7 Å². The molecule has 0 aliphatic carbocycles. The SMILES string of the molecule is COc1cc(C(=O)NC(C)(C)c2noc(C(C)(C)C)n2)cc2c1OCCO2. The van der Waals surface area contributed by atoms with Gasteiger partial charge in [0.05, 0.1) is 12.6 Å². The number of amides is 1. The Balaban J connectivity index is 1.85. The molecule has 0 bridgehead atoms. The maximum absolute atomic E-state index is 12.8. The fraction of sp³-hybridized carbons (Fsp3) is 0.526. The molecule has 0 unspecified atom stereocenters. The second-order valence-corrected chi connectivity index (χ2v) is 7.95. The predicted octanol–water partition coefficient (Wildman–Crippen LogP) is 2.81. The van der Waals surface area contributed by atoms with Crippen LogP contribution in [0.15, 0.2) is 16.7 Å². The highest BCUT2D eigenvalue weighted by atomic mass is 16.6. The van der Waals surface area contributed by atoms with E-state index in [1.54, 1.807) is 12.1 Å². The third kappa shape index (κ3) is 3.84. The molecule has 0 saturated heterocycles. The number of ether oxygens (including phenoxy) is 3. The van der Waals surface area contributed by atoms with Gasteiger partial charge in [0.15, 0.2) is 17.3 Å². The van der Waals surface area contributed by atoms with Crippen molar-refractivity contribution in [2.24, 2.45) is 0 Å². The Morgan fingerprint density at radius 3 is 2.48 bits per heavy atom. The highest BCUT2D eigenvalue weighted by molar-refractivity contribution is 5.96. The second kappa shape index (κ2) is 6.75. The number of hydrogen-bond acceptors (Lipinski definition) is 7. The van der Waals surface area contributed by atoms with Crippen LogP contribution in [-0.2, 0) is 11.0 Å². The van der Waals surface area contributed by atoms with Gasteiger partial charge in [-0.15, -0.1) is 0 Å². The minimum absolute atomic E-state index is 0.269. The zero-order valence-electron chi connectivity index (χ0n) is 16.5. The summed E-state index contributed by atoms with van der Waals surface area (Å²) in [5, 5.41) is 6.97. The van der Waals surface area contributed by atoms with Crippen LogP contribution in [0.25, 0.3) is 0 Å². The molecule has 2 aromatic rings. The minimum Gasteiger partial charge on any atom is -0.493 e. The van der Waals surface area contributed by atoms with Crippen LogP contribution < -0.4 is 19.5 Å². The number of rotatable bonds is 4. The molecule has 1 aliphatic heterocycles. The largest absolute Gasteiger partial charge is 0.493 e. The Bertz CT molecular complexity index is 834. The fourth-order valence-corrected chi connectivity index (χ4v) is 2.60. The van der Waals surface area contributed by atoms with Crippen molar-refractivity contribution in [1.82, 2.24) is 15.5 Å². The first-order valence-electron chi connectivity index (χ1n) is 8.76. The van der Waals surface area contributed by atoms with Crippen LogP contribution in [0.4, 0.5) is 0 Å². The molecule has 146 valence electrons. The molecule has 27 heavy (non-hydrogen) atoms.